The van der Waals surface area contributed by atoms with Crippen molar-refractivity contribution in [2.45, 2.75) is 0 Å². The molecule has 4 aromatic rings. The number of fused-ring (bicyclic) bond motifs is 1. The summed E-state index contributed by atoms with van der Waals surface area (Å²) in [6.45, 7) is 0.257. The first-order chi connectivity index (χ1) is 15.0. The molecule has 0 saturated carbocycles. The predicted molar refractivity (Wildman–Crippen MR) is 107 cm³/mol. The van der Waals surface area contributed by atoms with E-state index in [9.17, 15) is 13.6 Å². The van der Waals surface area contributed by atoms with Crippen LogP contribution in [0.25, 0.3) is 17.0 Å². The molecule has 2 heterocycles. The van der Waals surface area contributed by atoms with Crippen LogP contribution in [0.1, 0.15) is 10.4 Å². The van der Waals surface area contributed by atoms with Crippen LogP contribution in [-0.4, -0.2) is 46.0 Å². The summed E-state index contributed by atoms with van der Waals surface area (Å²) in [5, 5.41) is 15.2. The van der Waals surface area contributed by atoms with Crippen LogP contribution in [0.5, 0.6) is 11.6 Å². The molecule has 1 N–H and O–H groups in total. The third-order valence-electron chi connectivity index (χ3n) is 4.39. The molecular weight excluding hydrogens is 408 g/mol. The first-order valence-electron chi connectivity index (χ1n) is 9.28. The number of halogens is 2. The summed E-state index contributed by atoms with van der Waals surface area (Å²) in [6, 6.07) is 13.6. The molecular formula is C21H17F2N5O3. The van der Waals surface area contributed by atoms with Gasteiger partial charge in [0, 0.05) is 17.2 Å². The lowest BCUT2D eigenvalue weighted by Crippen LogP contribution is -2.28. The zero-order valence-corrected chi connectivity index (χ0v) is 16.4. The Balaban J connectivity index is 1.41. The Kier molecular flexibility index (Phi) is 5.69. The van der Waals surface area contributed by atoms with Gasteiger partial charge in [-0.2, -0.15) is 4.52 Å². The van der Waals surface area contributed by atoms with E-state index >= 15 is 0 Å². The average molecular weight is 425 g/mol. The van der Waals surface area contributed by atoms with E-state index in [0.717, 1.165) is 17.7 Å². The zero-order chi connectivity index (χ0) is 21.8. The van der Waals surface area contributed by atoms with Gasteiger partial charge >= 0.3 is 0 Å². The molecule has 0 bridgehead atoms. The molecule has 8 nitrogen and oxygen atoms in total. The maximum absolute atomic E-state index is 13.2. The number of hydrogen-bond acceptors (Lipinski definition) is 6. The van der Waals surface area contributed by atoms with E-state index in [1.807, 2.05) is 24.3 Å². The van der Waals surface area contributed by atoms with E-state index in [-0.39, 0.29) is 18.7 Å². The molecule has 0 fully saturated rings. The minimum absolute atomic E-state index is 0.0193. The highest BCUT2D eigenvalue weighted by atomic mass is 19.2. The highest BCUT2D eigenvalue weighted by Crippen LogP contribution is 2.23. The van der Waals surface area contributed by atoms with Crippen molar-refractivity contribution < 1.29 is 23.0 Å². The van der Waals surface area contributed by atoms with E-state index in [4.69, 9.17) is 9.47 Å². The van der Waals surface area contributed by atoms with Gasteiger partial charge in [-0.1, -0.05) is 12.1 Å². The number of rotatable bonds is 7. The Morgan fingerprint density at radius 3 is 2.74 bits per heavy atom. The molecule has 31 heavy (non-hydrogen) atoms. The van der Waals surface area contributed by atoms with Gasteiger partial charge in [-0.3, -0.25) is 4.79 Å². The predicted octanol–water partition coefficient (Wildman–Crippen LogP) is 2.89. The number of ether oxygens (including phenoxy) is 2. The molecule has 0 radical (unpaired) electrons. The van der Waals surface area contributed by atoms with Gasteiger partial charge in [0.15, 0.2) is 23.1 Å². The number of benzene rings is 2. The summed E-state index contributed by atoms with van der Waals surface area (Å²) in [4.78, 5) is 12.0. The van der Waals surface area contributed by atoms with Crippen molar-refractivity contribution in [3.63, 3.8) is 0 Å². The van der Waals surface area contributed by atoms with Crippen molar-refractivity contribution in [1.82, 2.24) is 25.1 Å². The first-order valence-corrected chi connectivity index (χ1v) is 9.28. The summed E-state index contributed by atoms with van der Waals surface area (Å²) >= 11 is 0. The summed E-state index contributed by atoms with van der Waals surface area (Å²) in [5.41, 5.74) is 1.33. The standard InChI is InChI=1S/C21H17F2N5O3/c1-30-15-4-2-3-13(11-15)20-26-25-18-7-8-19(27-28(18)20)31-10-9-24-21(29)14-5-6-16(22)17(23)12-14/h2-8,11-12H,9-10H2,1H3,(H,24,29). The van der Waals surface area contributed by atoms with Crippen LogP contribution < -0.4 is 14.8 Å². The molecule has 2 aromatic heterocycles. The average Bonchev–Trinajstić information content (AvgIpc) is 3.21. The van der Waals surface area contributed by atoms with Gasteiger partial charge in [-0.25, -0.2) is 8.78 Å². The molecule has 0 saturated heterocycles. The number of carbonyl (C=O) groups excluding carboxylic acids is 1. The van der Waals surface area contributed by atoms with Crippen LogP contribution in [-0.2, 0) is 0 Å². The second-order valence-electron chi connectivity index (χ2n) is 6.43. The maximum atomic E-state index is 13.2. The van der Waals surface area contributed by atoms with Crippen LogP contribution in [0.2, 0.25) is 0 Å². The molecule has 158 valence electrons. The van der Waals surface area contributed by atoms with Gasteiger partial charge in [-0.05, 0) is 36.4 Å². The van der Waals surface area contributed by atoms with Crippen molar-refractivity contribution >= 4 is 11.6 Å². The number of nitrogens with zero attached hydrogens (tertiary/aromatic N) is 4. The van der Waals surface area contributed by atoms with E-state index in [1.54, 1.807) is 23.8 Å². The third kappa shape index (κ3) is 4.42. The lowest BCUT2D eigenvalue weighted by Gasteiger charge is -2.08. The Hall–Kier alpha value is -4.08. The fourth-order valence-corrected chi connectivity index (χ4v) is 2.85. The summed E-state index contributed by atoms with van der Waals surface area (Å²) in [5.74, 6) is -1.13. The molecule has 0 aliphatic heterocycles. The molecule has 0 atom stereocenters. The summed E-state index contributed by atoms with van der Waals surface area (Å²) in [6.07, 6.45) is 0. The topological polar surface area (TPSA) is 90.6 Å². The van der Waals surface area contributed by atoms with Gasteiger partial charge in [0.2, 0.25) is 5.88 Å². The number of carbonyl (C=O) groups is 1. The van der Waals surface area contributed by atoms with Crippen molar-refractivity contribution in [3.8, 4) is 23.0 Å². The van der Waals surface area contributed by atoms with E-state index in [2.05, 4.69) is 20.6 Å². The minimum atomic E-state index is -1.08. The van der Waals surface area contributed by atoms with Crippen LogP contribution in [0.3, 0.4) is 0 Å². The largest absolute Gasteiger partial charge is 0.497 e. The highest BCUT2D eigenvalue weighted by molar-refractivity contribution is 5.94. The van der Waals surface area contributed by atoms with Gasteiger partial charge < -0.3 is 14.8 Å². The SMILES string of the molecule is COc1cccc(-c2nnc3ccc(OCCNC(=O)c4ccc(F)c(F)c4)nn23)c1. The van der Waals surface area contributed by atoms with Gasteiger partial charge in [0.25, 0.3) is 5.91 Å². The van der Waals surface area contributed by atoms with Gasteiger partial charge in [-0.15, -0.1) is 15.3 Å². The quantitative estimate of drug-likeness (QED) is 0.458. The van der Waals surface area contributed by atoms with Crippen molar-refractivity contribution in [2.75, 3.05) is 20.3 Å². The Morgan fingerprint density at radius 1 is 1.06 bits per heavy atom. The Labute approximate surface area is 175 Å². The number of aromatic nitrogens is 4. The molecule has 0 spiro atoms. The van der Waals surface area contributed by atoms with Crippen LogP contribution in [0.15, 0.2) is 54.6 Å². The summed E-state index contributed by atoms with van der Waals surface area (Å²) in [7, 11) is 1.58. The number of amides is 1. The zero-order valence-electron chi connectivity index (χ0n) is 16.4. The van der Waals surface area contributed by atoms with Crippen molar-refractivity contribution in [1.29, 1.82) is 0 Å². The number of methoxy groups -OCH3 is 1. The minimum Gasteiger partial charge on any atom is -0.497 e. The second-order valence-corrected chi connectivity index (χ2v) is 6.43. The number of nitrogens with one attached hydrogen (secondary N) is 1. The van der Waals surface area contributed by atoms with Crippen molar-refractivity contribution in [2.24, 2.45) is 0 Å². The molecule has 0 aliphatic carbocycles. The van der Waals surface area contributed by atoms with Crippen LogP contribution >= 0.6 is 0 Å². The molecule has 0 unspecified atom stereocenters. The normalized spacial score (nSPS) is 10.8. The number of hydrogen-bond donors (Lipinski definition) is 1. The molecule has 1 amide bonds. The van der Waals surface area contributed by atoms with Crippen LogP contribution in [0.4, 0.5) is 8.78 Å². The van der Waals surface area contributed by atoms with Crippen molar-refractivity contribution in [3.05, 3.63) is 71.8 Å². The smallest absolute Gasteiger partial charge is 0.251 e. The Bertz CT molecular complexity index is 1240. The summed E-state index contributed by atoms with van der Waals surface area (Å²) < 4.78 is 38.6. The van der Waals surface area contributed by atoms with E-state index in [0.29, 0.717) is 23.1 Å². The second kappa shape index (κ2) is 8.74. The molecule has 4 rings (SSSR count). The molecule has 10 heteroatoms. The van der Waals surface area contributed by atoms with Crippen LogP contribution in [0, 0.1) is 11.6 Å². The fourth-order valence-electron chi connectivity index (χ4n) is 2.85. The van der Waals surface area contributed by atoms with E-state index < -0.39 is 17.5 Å². The lowest BCUT2D eigenvalue weighted by molar-refractivity contribution is 0.0946. The van der Waals surface area contributed by atoms with Gasteiger partial charge in [0.1, 0.15) is 12.4 Å². The molecule has 2 aromatic carbocycles. The lowest BCUT2D eigenvalue weighted by atomic mass is 10.2. The maximum Gasteiger partial charge on any atom is 0.251 e. The third-order valence-corrected chi connectivity index (χ3v) is 4.39. The monoisotopic (exact) mass is 425 g/mol. The van der Waals surface area contributed by atoms with Gasteiger partial charge in [0.05, 0.1) is 13.7 Å². The fraction of sp³-hybridized carbons (Fsp3) is 0.143. The highest BCUT2D eigenvalue weighted by Gasteiger charge is 2.12. The Morgan fingerprint density at radius 2 is 1.94 bits per heavy atom. The first kappa shape index (κ1) is 20.2. The van der Waals surface area contributed by atoms with E-state index in [1.165, 1.54) is 6.07 Å². The molecule has 0 aliphatic rings.